The van der Waals surface area contributed by atoms with E-state index in [0.717, 1.165) is 38.7 Å². The van der Waals surface area contributed by atoms with Crippen molar-refractivity contribution >= 4 is 29.0 Å². The summed E-state index contributed by atoms with van der Waals surface area (Å²) >= 11 is 0. The van der Waals surface area contributed by atoms with Crippen LogP contribution in [0, 0.1) is 20.8 Å². The molecule has 7 nitrogen and oxygen atoms in total. The third-order valence-corrected chi connectivity index (χ3v) is 6.60. The molecule has 2 N–H and O–H groups in total. The van der Waals surface area contributed by atoms with Crippen molar-refractivity contribution in [3.63, 3.8) is 0 Å². The van der Waals surface area contributed by atoms with Crippen LogP contribution >= 0.6 is 0 Å². The Bertz CT molecular complexity index is 1740. The van der Waals surface area contributed by atoms with E-state index in [-0.39, 0.29) is 11.7 Å². The van der Waals surface area contributed by atoms with Gasteiger partial charge in [0.15, 0.2) is 11.5 Å². The summed E-state index contributed by atoms with van der Waals surface area (Å²) in [5.74, 6) is -0.196. The summed E-state index contributed by atoms with van der Waals surface area (Å²) in [4.78, 5) is 29.2. The predicted octanol–water partition coefficient (Wildman–Crippen LogP) is 6.75. The van der Waals surface area contributed by atoms with Gasteiger partial charge in [0, 0.05) is 16.5 Å². The largest absolute Gasteiger partial charge is 0.493 e. The van der Waals surface area contributed by atoms with Crippen molar-refractivity contribution in [2.24, 2.45) is 5.10 Å². The topological polar surface area (TPSA) is 92.8 Å². The number of hydrogen-bond donors (Lipinski definition) is 2. The van der Waals surface area contributed by atoms with E-state index in [2.05, 4.69) is 27.6 Å². The van der Waals surface area contributed by atoms with E-state index in [0.29, 0.717) is 22.6 Å². The third kappa shape index (κ3) is 5.49. The van der Waals surface area contributed by atoms with Crippen molar-refractivity contribution in [1.82, 2.24) is 10.4 Å². The van der Waals surface area contributed by atoms with Gasteiger partial charge in [-0.05, 0) is 73.9 Å². The number of nitrogens with zero attached hydrogens (tertiary/aromatic N) is 1. The molecular weight excluding hydrogens is 502 g/mol. The number of aromatic amines is 1. The number of benzene rings is 4. The summed E-state index contributed by atoms with van der Waals surface area (Å²) in [6.07, 6.45) is 1.51. The van der Waals surface area contributed by atoms with Gasteiger partial charge >= 0.3 is 5.97 Å². The number of aryl methyl sites for hydroxylation is 3. The van der Waals surface area contributed by atoms with E-state index in [1.54, 1.807) is 30.3 Å². The Morgan fingerprint density at radius 3 is 2.33 bits per heavy atom. The van der Waals surface area contributed by atoms with Crippen molar-refractivity contribution in [1.29, 1.82) is 0 Å². The molecule has 7 heteroatoms. The average molecular weight is 532 g/mol. The summed E-state index contributed by atoms with van der Waals surface area (Å²) < 4.78 is 11.0. The molecule has 0 radical (unpaired) electrons. The summed E-state index contributed by atoms with van der Waals surface area (Å²) in [6, 6.07) is 26.1. The second kappa shape index (κ2) is 11.3. The van der Waals surface area contributed by atoms with Gasteiger partial charge in [-0.25, -0.2) is 10.2 Å². The average Bonchev–Trinajstić information content (AvgIpc) is 3.34. The van der Waals surface area contributed by atoms with Crippen molar-refractivity contribution in [2.45, 2.75) is 20.8 Å². The van der Waals surface area contributed by atoms with Crippen LogP contribution in [0.5, 0.6) is 11.5 Å². The quantitative estimate of drug-likeness (QED) is 0.105. The zero-order chi connectivity index (χ0) is 28.2. The Hall–Kier alpha value is -5.17. The molecule has 5 aromatic rings. The smallest absolute Gasteiger partial charge is 0.343 e. The molecule has 0 saturated heterocycles. The lowest BCUT2D eigenvalue weighted by molar-refractivity contribution is 0.0729. The molecule has 200 valence electrons. The second-order valence-electron chi connectivity index (χ2n) is 9.61. The number of aromatic nitrogens is 1. The fourth-order valence-corrected chi connectivity index (χ4v) is 4.65. The maximum atomic E-state index is 13.3. The molecule has 0 aliphatic rings. The minimum absolute atomic E-state index is 0.283. The third-order valence-electron chi connectivity index (χ3n) is 6.60. The first kappa shape index (κ1) is 26.4. The molecule has 0 atom stereocenters. The number of hydrogen-bond acceptors (Lipinski definition) is 5. The first-order chi connectivity index (χ1) is 19.3. The van der Waals surface area contributed by atoms with Crippen LogP contribution in [-0.4, -0.2) is 30.2 Å². The molecule has 0 saturated carbocycles. The second-order valence-corrected chi connectivity index (χ2v) is 9.61. The van der Waals surface area contributed by atoms with Crippen LogP contribution in [0.15, 0.2) is 90.0 Å². The number of carbonyl (C=O) groups is 2. The fraction of sp³-hybridized carbons (Fsp3) is 0.121. The zero-order valence-electron chi connectivity index (χ0n) is 22.7. The van der Waals surface area contributed by atoms with Crippen LogP contribution < -0.4 is 14.9 Å². The fourth-order valence-electron chi connectivity index (χ4n) is 4.65. The lowest BCUT2D eigenvalue weighted by Gasteiger charge is -2.10. The minimum atomic E-state index is -0.482. The Morgan fingerprint density at radius 1 is 0.850 bits per heavy atom. The number of H-pyrrole nitrogens is 1. The van der Waals surface area contributed by atoms with Crippen molar-refractivity contribution in [3.8, 4) is 22.6 Å². The molecule has 1 aromatic heterocycles. The number of hydrazone groups is 1. The zero-order valence-corrected chi connectivity index (χ0v) is 22.7. The molecule has 0 aliphatic carbocycles. The van der Waals surface area contributed by atoms with E-state index in [1.807, 2.05) is 63.2 Å². The first-order valence-electron chi connectivity index (χ1n) is 12.8. The van der Waals surface area contributed by atoms with Gasteiger partial charge in [-0.15, -0.1) is 0 Å². The van der Waals surface area contributed by atoms with Gasteiger partial charge in [-0.1, -0.05) is 59.7 Å². The minimum Gasteiger partial charge on any atom is -0.493 e. The highest BCUT2D eigenvalue weighted by Gasteiger charge is 2.20. The lowest BCUT2D eigenvalue weighted by Crippen LogP contribution is -2.18. The van der Waals surface area contributed by atoms with Crippen LogP contribution in [0.4, 0.5) is 0 Å². The number of carbonyl (C=O) groups excluding carboxylic acids is 2. The van der Waals surface area contributed by atoms with Crippen LogP contribution in [0.1, 0.15) is 43.1 Å². The van der Waals surface area contributed by atoms with Crippen molar-refractivity contribution < 1.29 is 19.1 Å². The van der Waals surface area contributed by atoms with Gasteiger partial charge in [0.1, 0.15) is 5.69 Å². The van der Waals surface area contributed by atoms with E-state index in [1.165, 1.54) is 13.3 Å². The number of methoxy groups -OCH3 is 1. The van der Waals surface area contributed by atoms with Gasteiger partial charge < -0.3 is 14.5 Å². The maximum Gasteiger partial charge on any atom is 0.343 e. The molecule has 0 aliphatic heterocycles. The van der Waals surface area contributed by atoms with Crippen LogP contribution in [0.2, 0.25) is 0 Å². The molecule has 40 heavy (non-hydrogen) atoms. The highest BCUT2D eigenvalue weighted by Crippen LogP contribution is 2.35. The highest BCUT2D eigenvalue weighted by atomic mass is 16.6. The Kier molecular flexibility index (Phi) is 7.46. The Balaban J connectivity index is 1.36. The van der Waals surface area contributed by atoms with E-state index >= 15 is 0 Å². The van der Waals surface area contributed by atoms with Crippen LogP contribution in [-0.2, 0) is 0 Å². The molecule has 5 rings (SSSR count). The molecule has 0 spiro atoms. The molecule has 1 amide bonds. The first-order valence-corrected chi connectivity index (χ1v) is 12.8. The van der Waals surface area contributed by atoms with Gasteiger partial charge in [0.2, 0.25) is 0 Å². The summed E-state index contributed by atoms with van der Waals surface area (Å²) in [7, 11) is 1.49. The number of esters is 1. The van der Waals surface area contributed by atoms with Crippen LogP contribution in [0.25, 0.3) is 22.0 Å². The Morgan fingerprint density at radius 2 is 1.60 bits per heavy atom. The number of fused-ring (bicyclic) bond motifs is 1. The Labute approximate surface area is 232 Å². The molecule has 1 heterocycles. The molecule has 0 fully saturated rings. The molecular formula is C33H29N3O4. The number of amides is 1. The number of nitrogens with one attached hydrogen (secondary N) is 2. The SMILES string of the molecule is COc1cc(C=NNC(=O)c2[nH]c3c(C)cc(C)cc3c2-c2ccccc2)ccc1OC(=O)c1ccc(C)cc1. The number of ether oxygens (including phenoxy) is 2. The van der Waals surface area contributed by atoms with Crippen molar-refractivity contribution in [3.05, 3.63) is 118 Å². The summed E-state index contributed by atoms with van der Waals surface area (Å²) in [6.45, 7) is 6.02. The van der Waals surface area contributed by atoms with Gasteiger partial charge in [0.25, 0.3) is 5.91 Å². The monoisotopic (exact) mass is 531 g/mol. The molecule has 0 bridgehead atoms. The van der Waals surface area contributed by atoms with Crippen LogP contribution in [0.3, 0.4) is 0 Å². The summed E-state index contributed by atoms with van der Waals surface area (Å²) in [5.41, 5.74) is 10.1. The standard InChI is InChI=1S/C33H29N3O4/c1-20-10-13-25(14-11-20)33(38)40-27-15-12-23(18-28(27)39-4)19-34-36-32(37)31-29(24-8-6-5-7-9-24)26-17-21(2)16-22(3)30(26)35-31/h5-19,35H,1-4H3,(H,36,37). The van der Waals surface area contributed by atoms with Gasteiger partial charge in [-0.2, -0.15) is 5.10 Å². The van der Waals surface area contributed by atoms with Gasteiger partial charge in [0.05, 0.1) is 18.9 Å². The normalized spacial score (nSPS) is 11.1. The summed E-state index contributed by atoms with van der Waals surface area (Å²) in [5, 5.41) is 5.16. The van der Waals surface area contributed by atoms with E-state index in [9.17, 15) is 9.59 Å². The van der Waals surface area contributed by atoms with E-state index < -0.39 is 5.97 Å². The van der Waals surface area contributed by atoms with Crippen molar-refractivity contribution in [2.75, 3.05) is 7.11 Å². The molecule has 0 unspecified atom stereocenters. The predicted molar refractivity (Wildman–Crippen MR) is 157 cm³/mol. The molecule has 4 aromatic carbocycles. The number of rotatable bonds is 7. The maximum absolute atomic E-state index is 13.3. The van der Waals surface area contributed by atoms with Gasteiger partial charge in [-0.3, -0.25) is 4.79 Å². The lowest BCUT2D eigenvalue weighted by atomic mass is 9.99. The highest BCUT2D eigenvalue weighted by molar-refractivity contribution is 6.10. The van der Waals surface area contributed by atoms with E-state index in [4.69, 9.17) is 9.47 Å².